The molecule has 0 unspecified atom stereocenters. The van der Waals surface area contributed by atoms with Crippen LogP contribution < -0.4 is 4.57 Å². The molecule has 0 spiro atoms. The van der Waals surface area contributed by atoms with E-state index in [4.69, 9.17) is 19.4 Å². The Morgan fingerprint density at radius 1 is 1.38 bits per heavy atom. The Hall–Kier alpha value is -1.06. The monoisotopic (exact) mass is 435 g/mol. The van der Waals surface area contributed by atoms with Crippen molar-refractivity contribution >= 4 is 39.5 Å². The summed E-state index contributed by atoms with van der Waals surface area (Å²) in [5, 5.41) is 0. The number of fused-ring (bicyclic) bond motifs is 1. The normalized spacial score (nSPS) is 11.6. The van der Waals surface area contributed by atoms with Crippen molar-refractivity contribution in [2.45, 2.75) is 19.0 Å². The Balaban J connectivity index is 0.000000240. The molecular formula is C12H10F3NO3STe. The van der Waals surface area contributed by atoms with Crippen LogP contribution in [0.3, 0.4) is 0 Å². The van der Waals surface area contributed by atoms with E-state index >= 15 is 0 Å². The van der Waals surface area contributed by atoms with Crippen molar-refractivity contribution in [3.05, 3.63) is 28.0 Å². The molecule has 0 N–H and O–H groups in total. The van der Waals surface area contributed by atoms with Gasteiger partial charge in [0.15, 0.2) is 10.1 Å². The van der Waals surface area contributed by atoms with Gasteiger partial charge in [-0.25, -0.2) is 8.42 Å². The maximum absolute atomic E-state index is 10.7. The fraction of sp³-hybridized carbons (Fsp3) is 0.250. The van der Waals surface area contributed by atoms with Gasteiger partial charge in [0.1, 0.15) is 0 Å². The van der Waals surface area contributed by atoms with Gasteiger partial charge in [-0.2, -0.15) is 13.2 Å². The van der Waals surface area contributed by atoms with Crippen LogP contribution in [-0.2, 0) is 16.7 Å². The summed E-state index contributed by atoms with van der Waals surface area (Å²) < 4.78 is 64.2. The van der Waals surface area contributed by atoms with Crippen LogP contribution in [0.2, 0.25) is 0 Å². The standard InChI is InChI=1S/C11H10NTe.CHF3O3S/c1-3-8-12-9(2)13-11-7-5-4-6-10(11)12;2-1(3,4)8(5,6)7/h1,4-7H,8H2,2H3;(H,5,6,7)/q+1;/p-1. The first-order chi connectivity index (χ1) is 9.58. The quantitative estimate of drug-likeness (QED) is 0.223. The van der Waals surface area contributed by atoms with Gasteiger partial charge in [0.05, 0.1) is 0 Å². The summed E-state index contributed by atoms with van der Waals surface area (Å²) in [7, 11) is -6.09. The molecule has 0 atom stereocenters. The van der Waals surface area contributed by atoms with Gasteiger partial charge < -0.3 is 4.55 Å². The number of nitrogens with zero attached hydrogens (tertiary/aromatic N) is 1. The molecule has 1 aromatic heterocycles. The summed E-state index contributed by atoms with van der Waals surface area (Å²) in [6.07, 6.45) is 5.34. The smallest absolute Gasteiger partial charge is 0.485 e. The number of aryl methyl sites for hydroxylation is 1. The number of alkyl halides is 3. The second-order valence-electron chi connectivity index (χ2n) is 3.78. The van der Waals surface area contributed by atoms with Crippen molar-refractivity contribution in [2.24, 2.45) is 0 Å². The second-order valence-corrected chi connectivity index (χ2v) is 8.67. The van der Waals surface area contributed by atoms with Crippen molar-refractivity contribution in [3.8, 4) is 12.3 Å². The van der Waals surface area contributed by atoms with Crippen LogP contribution in [0, 0.1) is 19.3 Å². The van der Waals surface area contributed by atoms with Gasteiger partial charge in [-0.05, 0) is 0 Å². The molecule has 0 amide bonds. The molecule has 0 saturated heterocycles. The predicted octanol–water partition coefficient (Wildman–Crippen LogP) is 1.18. The summed E-state index contributed by atoms with van der Waals surface area (Å²) in [5.74, 6) is 2.71. The van der Waals surface area contributed by atoms with Gasteiger partial charge in [0, 0.05) is 0 Å². The van der Waals surface area contributed by atoms with Crippen molar-refractivity contribution < 1.29 is 30.7 Å². The van der Waals surface area contributed by atoms with Gasteiger partial charge >= 0.3 is 93.2 Å². The first-order valence-electron chi connectivity index (χ1n) is 5.41. The van der Waals surface area contributed by atoms with E-state index in [1.165, 1.54) is 12.6 Å². The molecule has 1 heterocycles. The molecule has 0 radical (unpaired) electrons. The molecule has 0 bridgehead atoms. The topological polar surface area (TPSA) is 61.1 Å². The number of rotatable bonds is 1. The summed E-state index contributed by atoms with van der Waals surface area (Å²) in [4.78, 5) is 0. The molecule has 21 heavy (non-hydrogen) atoms. The molecule has 0 saturated carbocycles. The Morgan fingerprint density at radius 2 is 1.90 bits per heavy atom. The fourth-order valence-electron chi connectivity index (χ4n) is 1.44. The van der Waals surface area contributed by atoms with E-state index in [-0.39, 0.29) is 20.4 Å². The van der Waals surface area contributed by atoms with Crippen molar-refractivity contribution in [2.75, 3.05) is 0 Å². The van der Waals surface area contributed by atoms with Crippen molar-refractivity contribution in [1.82, 2.24) is 0 Å². The minimum Gasteiger partial charge on any atom is -0.741 e. The number of terminal acetylenes is 1. The number of hydrogen-bond donors (Lipinski definition) is 0. The first-order valence-corrected chi connectivity index (χ1v) is 9.15. The van der Waals surface area contributed by atoms with Crippen molar-refractivity contribution in [1.29, 1.82) is 0 Å². The summed E-state index contributed by atoms with van der Waals surface area (Å²) in [6.45, 7) is 2.91. The zero-order valence-electron chi connectivity index (χ0n) is 10.7. The minimum atomic E-state index is -6.09. The first kappa shape index (κ1) is 18.0. The van der Waals surface area contributed by atoms with Gasteiger partial charge in [-0.15, -0.1) is 0 Å². The zero-order chi connectivity index (χ0) is 16.3. The third-order valence-corrected chi connectivity index (χ3v) is 5.98. The van der Waals surface area contributed by atoms with Crippen LogP contribution in [0.1, 0.15) is 3.71 Å². The largest absolute Gasteiger partial charge is 0.741 e. The number of aromatic nitrogens is 1. The van der Waals surface area contributed by atoms with Crippen LogP contribution in [-0.4, -0.2) is 38.9 Å². The molecule has 114 valence electrons. The number of para-hydroxylation sites is 1. The van der Waals surface area contributed by atoms with Crippen LogP contribution in [0.15, 0.2) is 24.3 Å². The summed E-state index contributed by atoms with van der Waals surface area (Å²) in [5.41, 5.74) is -4.31. The third-order valence-electron chi connectivity index (χ3n) is 2.33. The molecule has 0 aliphatic rings. The maximum atomic E-state index is 10.7. The van der Waals surface area contributed by atoms with Gasteiger partial charge in [-0.3, -0.25) is 0 Å². The Kier molecular flexibility index (Phi) is 5.83. The molecule has 0 aliphatic carbocycles. The zero-order valence-corrected chi connectivity index (χ0v) is 13.9. The average molecular weight is 433 g/mol. The molecule has 1 aromatic carbocycles. The number of hydrogen-bond acceptors (Lipinski definition) is 3. The molecule has 0 aliphatic heterocycles. The Bertz CT molecular complexity index is 775. The molecule has 9 heteroatoms. The number of benzene rings is 1. The van der Waals surface area contributed by atoms with E-state index < -0.39 is 15.6 Å². The SMILES string of the molecule is C#CC[n+]1c(C)[te]c2ccccc21.O=S(=O)([O-])C(F)(F)F. The fourth-order valence-corrected chi connectivity index (χ4v) is 4.35. The molecule has 2 aromatic rings. The molecule has 4 nitrogen and oxygen atoms in total. The van der Waals surface area contributed by atoms with Gasteiger partial charge in [-0.1, -0.05) is 0 Å². The van der Waals surface area contributed by atoms with Crippen LogP contribution in [0.4, 0.5) is 13.2 Å². The van der Waals surface area contributed by atoms with Crippen LogP contribution in [0.5, 0.6) is 0 Å². The van der Waals surface area contributed by atoms with E-state index in [0.29, 0.717) is 6.54 Å². The summed E-state index contributed by atoms with van der Waals surface area (Å²) in [6, 6.07) is 8.57. The second kappa shape index (κ2) is 6.80. The van der Waals surface area contributed by atoms with Crippen LogP contribution in [0.25, 0.3) is 8.92 Å². The van der Waals surface area contributed by atoms with E-state index in [1.54, 1.807) is 0 Å². The summed E-state index contributed by atoms with van der Waals surface area (Å²) >= 11 is -0.125. The van der Waals surface area contributed by atoms with E-state index in [9.17, 15) is 13.2 Å². The minimum absolute atomic E-state index is 0.125. The third kappa shape index (κ3) is 4.72. The van der Waals surface area contributed by atoms with Crippen molar-refractivity contribution in [3.63, 3.8) is 0 Å². The Labute approximate surface area is 129 Å². The number of halogens is 3. The van der Waals surface area contributed by atoms with Gasteiger partial charge in [0.25, 0.3) is 0 Å². The maximum Gasteiger partial charge on any atom is 0.485 e. The van der Waals surface area contributed by atoms with Gasteiger partial charge in [0.2, 0.25) is 0 Å². The van der Waals surface area contributed by atoms with E-state index in [0.717, 1.165) is 0 Å². The molecule has 0 fully saturated rings. The Morgan fingerprint density at radius 3 is 2.38 bits per heavy atom. The average Bonchev–Trinajstić information content (AvgIpc) is 2.65. The van der Waals surface area contributed by atoms with E-state index in [2.05, 4.69) is 41.7 Å². The molecular weight excluding hydrogens is 423 g/mol. The molecule has 2 rings (SSSR count). The van der Waals surface area contributed by atoms with E-state index in [1.807, 2.05) is 0 Å². The predicted molar refractivity (Wildman–Crippen MR) is 70.4 cm³/mol. The van der Waals surface area contributed by atoms with Crippen LogP contribution >= 0.6 is 0 Å².